The summed E-state index contributed by atoms with van der Waals surface area (Å²) in [5, 5.41) is 2.58. The highest BCUT2D eigenvalue weighted by Crippen LogP contribution is 2.31. The van der Waals surface area contributed by atoms with Crippen LogP contribution in [0.2, 0.25) is 0 Å². The average molecular weight is 264 g/mol. The van der Waals surface area contributed by atoms with Crippen LogP contribution in [0.1, 0.15) is 18.9 Å². The fraction of sp³-hybridized carbons (Fsp3) is 0.364. The zero-order chi connectivity index (χ0) is 13.9. The number of primary amides is 1. The maximum absolute atomic E-state index is 13.4. The molecule has 0 bridgehead atoms. The van der Waals surface area contributed by atoms with Crippen molar-refractivity contribution in [3.63, 3.8) is 0 Å². The van der Waals surface area contributed by atoms with Gasteiger partial charge in [-0.05, 0) is 25.1 Å². The summed E-state index contributed by atoms with van der Waals surface area (Å²) in [6.45, 7) is 1.57. The van der Waals surface area contributed by atoms with E-state index < -0.39 is 29.5 Å². The van der Waals surface area contributed by atoms with Crippen LogP contribution in [0.15, 0.2) is 18.2 Å². The maximum atomic E-state index is 13.4. The second kappa shape index (κ2) is 5.24. The molecule has 0 saturated heterocycles. The van der Waals surface area contributed by atoms with Crippen molar-refractivity contribution in [2.24, 2.45) is 5.73 Å². The van der Waals surface area contributed by atoms with Gasteiger partial charge in [-0.25, -0.2) is 4.39 Å². The van der Waals surface area contributed by atoms with Gasteiger partial charge in [-0.2, -0.15) is 13.2 Å². The third kappa shape index (κ3) is 3.90. The normalized spacial score (nSPS) is 13.2. The molecule has 3 N–H and O–H groups in total. The number of carbonyl (C=O) groups excluding carboxylic acids is 1. The number of halogens is 4. The van der Waals surface area contributed by atoms with Gasteiger partial charge < -0.3 is 11.1 Å². The van der Waals surface area contributed by atoms with Gasteiger partial charge >= 0.3 is 6.18 Å². The van der Waals surface area contributed by atoms with Crippen molar-refractivity contribution in [3.8, 4) is 0 Å². The standard InChI is InChI=1S/C11H12F4N2O/c1-6(4-10(16)18)17-9-3-2-7(5-8(9)12)11(13,14)15/h2-3,5-6,17H,4H2,1H3,(H2,16,18). The second-order valence-electron chi connectivity index (χ2n) is 3.91. The molecule has 0 aromatic heterocycles. The molecule has 0 heterocycles. The number of nitrogens with two attached hydrogens (primary N) is 1. The van der Waals surface area contributed by atoms with E-state index in [1.54, 1.807) is 6.92 Å². The smallest absolute Gasteiger partial charge is 0.380 e. The van der Waals surface area contributed by atoms with Gasteiger partial charge in [0.05, 0.1) is 11.3 Å². The van der Waals surface area contributed by atoms with E-state index in [1.807, 2.05) is 0 Å². The Morgan fingerprint density at radius 1 is 1.44 bits per heavy atom. The van der Waals surface area contributed by atoms with Crippen LogP contribution >= 0.6 is 0 Å². The van der Waals surface area contributed by atoms with Crippen molar-refractivity contribution in [1.29, 1.82) is 0 Å². The first kappa shape index (κ1) is 14.3. The third-order valence-corrected chi connectivity index (χ3v) is 2.21. The predicted octanol–water partition coefficient (Wildman–Crippen LogP) is 2.52. The minimum Gasteiger partial charge on any atom is -0.380 e. The fourth-order valence-corrected chi connectivity index (χ4v) is 1.43. The Balaban J connectivity index is 2.83. The number of hydrogen-bond donors (Lipinski definition) is 2. The Labute approximate surface area is 101 Å². The second-order valence-corrected chi connectivity index (χ2v) is 3.91. The van der Waals surface area contributed by atoms with Crippen molar-refractivity contribution >= 4 is 11.6 Å². The van der Waals surface area contributed by atoms with E-state index in [9.17, 15) is 22.4 Å². The van der Waals surface area contributed by atoms with Crippen molar-refractivity contribution in [3.05, 3.63) is 29.6 Å². The van der Waals surface area contributed by atoms with Crippen molar-refractivity contribution in [2.75, 3.05) is 5.32 Å². The van der Waals surface area contributed by atoms with Crippen molar-refractivity contribution < 1.29 is 22.4 Å². The molecule has 0 spiro atoms. The van der Waals surface area contributed by atoms with Crippen LogP contribution in [0.5, 0.6) is 0 Å². The van der Waals surface area contributed by atoms with Crippen LogP contribution < -0.4 is 11.1 Å². The topological polar surface area (TPSA) is 55.1 Å². The first-order chi connectivity index (χ1) is 8.20. The molecule has 7 heteroatoms. The number of anilines is 1. The van der Waals surface area contributed by atoms with E-state index in [4.69, 9.17) is 5.73 Å². The summed E-state index contributed by atoms with van der Waals surface area (Å²) < 4.78 is 50.3. The molecule has 1 unspecified atom stereocenters. The van der Waals surface area contributed by atoms with E-state index in [0.29, 0.717) is 6.07 Å². The summed E-state index contributed by atoms with van der Waals surface area (Å²) >= 11 is 0. The number of carbonyl (C=O) groups is 1. The molecule has 1 rings (SSSR count). The molecule has 18 heavy (non-hydrogen) atoms. The lowest BCUT2D eigenvalue weighted by Gasteiger charge is -2.15. The van der Waals surface area contributed by atoms with Gasteiger partial charge in [0.2, 0.25) is 5.91 Å². The Morgan fingerprint density at radius 3 is 2.50 bits per heavy atom. The molecular formula is C11H12F4N2O. The lowest BCUT2D eigenvalue weighted by molar-refractivity contribution is -0.137. The summed E-state index contributed by atoms with van der Waals surface area (Å²) in [6.07, 6.45) is -4.63. The molecule has 1 aromatic carbocycles. The maximum Gasteiger partial charge on any atom is 0.416 e. The third-order valence-electron chi connectivity index (χ3n) is 2.21. The number of benzene rings is 1. The fourth-order valence-electron chi connectivity index (χ4n) is 1.43. The molecule has 0 aliphatic heterocycles. The molecule has 0 saturated carbocycles. The molecule has 100 valence electrons. The number of nitrogens with one attached hydrogen (secondary N) is 1. The highest BCUT2D eigenvalue weighted by atomic mass is 19.4. The van der Waals surface area contributed by atoms with E-state index in [2.05, 4.69) is 5.32 Å². The Morgan fingerprint density at radius 2 is 2.06 bits per heavy atom. The molecule has 1 aromatic rings. The van der Waals surface area contributed by atoms with Gasteiger partial charge in [0.15, 0.2) is 0 Å². The van der Waals surface area contributed by atoms with Crippen molar-refractivity contribution in [1.82, 2.24) is 0 Å². The molecule has 0 aliphatic carbocycles. The Hall–Kier alpha value is -1.79. The average Bonchev–Trinajstić information content (AvgIpc) is 2.18. The SMILES string of the molecule is CC(CC(N)=O)Nc1ccc(C(F)(F)F)cc1F. The predicted molar refractivity (Wildman–Crippen MR) is 58.3 cm³/mol. The number of hydrogen-bond acceptors (Lipinski definition) is 2. The van der Waals surface area contributed by atoms with Gasteiger partial charge in [0, 0.05) is 12.5 Å². The van der Waals surface area contributed by atoms with Crippen LogP contribution in [-0.4, -0.2) is 11.9 Å². The molecule has 0 fully saturated rings. The Kier molecular flexibility index (Phi) is 4.15. The molecule has 1 atom stereocenters. The molecule has 3 nitrogen and oxygen atoms in total. The molecule has 1 amide bonds. The Bertz CT molecular complexity index is 445. The monoisotopic (exact) mass is 264 g/mol. The molecule has 0 aliphatic rings. The van der Waals surface area contributed by atoms with Gasteiger partial charge in [-0.1, -0.05) is 0 Å². The minimum absolute atomic E-state index is 0.0412. The highest BCUT2D eigenvalue weighted by molar-refractivity contribution is 5.74. The summed E-state index contributed by atoms with van der Waals surface area (Å²) in [7, 11) is 0. The van der Waals surface area contributed by atoms with E-state index in [-0.39, 0.29) is 12.1 Å². The van der Waals surface area contributed by atoms with E-state index in [1.165, 1.54) is 0 Å². The van der Waals surface area contributed by atoms with Crippen LogP contribution in [0.25, 0.3) is 0 Å². The van der Waals surface area contributed by atoms with Gasteiger partial charge in [0.25, 0.3) is 0 Å². The largest absolute Gasteiger partial charge is 0.416 e. The van der Waals surface area contributed by atoms with Gasteiger partial charge in [0.1, 0.15) is 5.82 Å². The first-order valence-electron chi connectivity index (χ1n) is 5.11. The first-order valence-corrected chi connectivity index (χ1v) is 5.11. The van der Waals surface area contributed by atoms with Crippen LogP contribution in [-0.2, 0) is 11.0 Å². The van der Waals surface area contributed by atoms with Crippen LogP contribution in [0.3, 0.4) is 0 Å². The summed E-state index contributed by atoms with van der Waals surface area (Å²) in [5.41, 5.74) is 3.78. The van der Waals surface area contributed by atoms with E-state index >= 15 is 0 Å². The summed E-state index contributed by atoms with van der Waals surface area (Å²) in [6, 6.07) is 1.69. The number of amides is 1. The zero-order valence-corrected chi connectivity index (χ0v) is 9.51. The van der Waals surface area contributed by atoms with Crippen LogP contribution in [0.4, 0.5) is 23.2 Å². The summed E-state index contributed by atoms with van der Waals surface area (Å²) in [5.74, 6) is -1.61. The molecule has 0 radical (unpaired) electrons. The van der Waals surface area contributed by atoms with Gasteiger partial charge in [-0.3, -0.25) is 4.79 Å². The highest BCUT2D eigenvalue weighted by Gasteiger charge is 2.31. The lowest BCUT2D eigenvalue weighted by atomic mass is 10.1. The quantitative estimate of drug-likeness (QED) is 0.821. The zero-order valence-electron chi connectivity index (χ0n) is 9.51. The van der Waals surface area contributed by atoms with Gasteiger partial charge in [-0.15, -0.1) is 0 Å². The molecular weight excluding hydrogens is 252 g/mol. The van der Waals surface area contributed by atoms with Crippen LogP contribution in [0, 0.1) is 5.82 Å². The van der Waals surface area contributed by atoms with E-state index in [0.717, 1.165) is 12.1 Å². The lowest BCUT2D eigenvalue weighted by Crippen LogP contribution is -2.24. The number of rotatable bonds is 4. The minimum atomic E-state index is -4.59. The van der Waals surface area contributed by atoms with Crippen molar-refractivity contribution in [2.45, 2.75) is 25.6 Å². The summed E-state index contributed by atoms with van der Waals surface area (Å²) in [4.78, 5) is 10.6. The number of alkyl halides is 3.